The fraction of sp³-hybridized carbons (Fsp3) is 0.222. The summed E-state index contributed by atoms with van der Waals surface area (Å²) in [7, 11) is 0. The summed E-state index contributed by atoms with van der Waals surface area (Å²) < 4.78 is 5.50. The Morgan fingerprint density at radius 3 is 2.88 bits per heavy atom. The molecule has 3 rings (SSSR count). The Kier molecular flexibility index (Phi) is 4.71. The van der Waals surface area contributed by atoms with Crippen molar-refractivity contribution in [3.63, 3.8) is 0 Å². The molecule has 1 heterocycles. The summed E-state index contributed by atoms with van der Waals surface area (Å²) in [6.07, 6.45) is -0.233. The second-order valence-electron chi connectivity index (χ2n) is 5.66. The zero-order valence-corrected chi connectivity index (χ0v) is 13.9. The minimum Gasteiger partial charge on any atom is -0.479 e. The largest absolute Gasteiger partial charge is 0.479 e. The average molecular weight is 345 g/mol. The molecule has 0 saturated heterocycles. The van der Waals surface area contributed by atoms with Gasteiger partial charge in [0.25, 0.3) is 5.91 Å². The van der Waals surface area contributed by atoms with Crippen LogP contribution in [0.25, 0.3) is 0 Å². The molecule has 2 amide bonds. The number of nitrogens with one attached hydrogen (secondary N) is 2. The first-order chi connectivity index (χ1) is 11.5. The van der Waals surface area contributed by atoms with Gasteiger partial charge in [-0.05, 0) is 42.3 Å². The van der Waals surface area contributed by atoms with Gasteiger partial charge in [0, 0.05) is 11.6 Å². The van der Waals surface area contributed by atoms with Crippen molar-refractivity contribution in [2.24, 2.45) is 0 Å². The maximum atomic E-state index is 12.0. The molecule has 0 radical (unpaired) electrons. The molecule has 6 heteroatoms. The molecule has 1 aliphatic heterocycles. The Morgan fingerprint density at radius 2 is 2.08 bits per heavy atom. The molecule has 1 unspecified atom stereocenters. The minimum absolute atomic E-state index is 0.0936. The van der Waals surface area contributed by atoms with Gasteiger partial charge in [-0.2, -0.15) is 0 Å². The van der Waals surface area contributed by atoms with Crippen LogP contribution < -0.4 is 15.4 Å². The molecule has 2 aromatic carbocycles. The van der Waals surface area contributed by atoms with E-state index in [-0.39, 0.29) is 18.2 Å². The Morgan fingerprint density at radius 1 is 1.25 bits per heavy atom. The number of carbonyl (C=O) groups is 2. The monoisotopic (exact) mass is 344 g/mol. The number of carbonyl (C=O) groups excluding carboxylic acids is 2. The number of rotatable bonds is 4. The van der Waals surface area contributed by atoms with Gasteiger partial charge in [0.15, 0.2) is 6.10 Å². The number of halogens is 1. The fourth-order valence-electron chi connectivity index (χ4n) is 2.46. The molecule has 2 aromatic rings. The zero-order chi connectivity index (χ0) is 17.1. The highest BCUT2D eigenvalue weighted by Gasteiger charge is 2.23. The Labute approximate surface area is 145 Å². The van der Waals surface area contributed by atoms with Gasteiger partial charge in [0.1, 0.15) is 5.75 Å². The van der Waals surface area contributed by atoms with Gasteiger partial charge in [-0.1, -0.05) is 29.8 Å². The van der Waals surface area contributed by atoms with Crippen LogP contribution in [-0.2, 0) is 22.6 Å². The van der Waals surface area contributed by atoms with Crippen molar-refractivity contribution in [1.82, 2.24) is 5.32 Å². The van der Waals surface area contributed by atoms with Crippen LogP contribution in [0.3, 0.4) is 0 Å². The summed E-state index contributed by atoms with van der Waals surface area (Å²) in [6.45, 7) is 2.07. The van der Waals surface area contributed by atoms with Gasteiger partial charge < -0.3 is 15.4 Å². The van der Waals surface area contributed by atoms with E-state index >= 15 is 0 Å². The average Bonchev–Trinajstić information content (AvgIpc) is 2.54. The molecule has 1 aliphatic rings. The first-order valence-corrected chi connectivity index (χ1v) is 8.00. The van der Waals surface area contributed by atoms with E-state index in [1.165, 1.54) is 0 Å². The molecule has 0 aromatic heterocycles. The second kappa shape index (κ2) is 6.93. The van der Waals surface area contributed by atoms with Gasteiger partial charge in [-0.15, -0.1) is 0 Å². The molecule has 0 bridgehead atoms. The number of benzene rings is 2. The molecule has 0 spiro atoms. The summed E-state index contributed by atoms with van der Waals surface area (Å²) in [5.41, 5.74) is 2.37. The number of hydrogen-bond acceptors (Lipinski definition) is 3. The highest BCUT2D eigenvalue weighted by molar-refractivity contribution is 6.30. The van der Waals surface area contributed by atoms with E-state index in [0.717, 1.165) is 11.1 Å². The van der Waals surface area contributed by atoms with Crippen LogP contribution in [0.5, 0.6) is 5.75 Å². The second-order valence-corrected chi connectivity index (χ2v) is 6.10. The van der Waals surface area contributed by atoms with Crippen LogP contribution in [-0.4, -0.2) is 17.9 Å². The Bertz CT molecular complexity index is 792. The van der Waals surface area contributed by atoms with Crippen LogP contribution in [0.2, 0.25) is 5.02 Å². The molecule has 124 valence electrons. The van der Waals surface area contributed by atoms with Gasteiger partial charge >= 0.3 is 0 Å². The Hall–Kier alpha value is -2.53. The van der Waals surface area contributed by atoms with Crippen LogP contribution in [0, 0.1) is 0 Å². The zero-order valence-electron chi connectivity index (χ0n) is 13.1. The maximum absolute atomic E-state index is 12.0. The molecule has 1 atom stereocenters. The number of fused-ring (bicyclic) bond motifs is 1. The van der Waals surface area contributed by atoms with Crippen molar-refractivity contribution in [2.45, 2.75) is 26.0 Å². The maximum Gasteiger partial charge on any atom is 0.265 e. The summed E-state index contributed by atoms with van der Waals surface area (Å²) in [5.74, 6) is 0.365. The molecule has 24 heavy (non-hydrogen) atoms. The first-order valence-electron chi connectivity index (χ1n) is 7.63. The fourth-order valence-corrected chi connectivity index (χ4v) is 2.67. The number of anilines is 1. The van der Waals surface area contributed by atoms with E-state index in [4.69, 9.17) is 16.3 Å². The van der Waals surface area contributed by atoms with E-state index in [9.17, 15) is 9.59 Å². The summed E-state index contributed by atoms with van der Waals surface area (Å²) >= 11 is 5.91. The van der Waals surface area contributed by atoms with Gasteiger partial charge in [0.2, 0.25) is 5.91 Å². The topological polar surface area (TPSA) is 67.4 Å². The summed E-state index contributed by atoms with van der Waals surface area (Å²) in [4.78, 5) is 23.7. The predicted molar refractivity (Wildman–Crippen MR) is 92.2 cm³/mol. The van der Waals surface area contributed by atoms with Crippen molar-refractivity contribution in [3.05, 3.63) is 58.6 Å². The molecule has 0 saturated carbocycles. The van der Waals surface area contributed by atoms with Crippen molar-refractivity contribution in [3.8, 4) is 5.75 Å². The third-order valence-corrected chi connectivity index (χ3v) is 3.95. The SMILES string of the molecule is CC1Oc2ccc(CNC(=O)Cc3cccc(Cl)c3)cc2NC1=O. The lowest BCUT2D eigenvalue weighted by Gasteiger charge is -2.23. The van der Waals surface area contributed by atoms with Crippen LogP contribution in [0.15, 0.2) is 42.5 Å². The lowest BCUT2D eigenvalue weighted by atomic mass is 10.1. The van der Waals surface area contributed by atoms with E-state index < -0.39 is 6.10 Å². The van der Waals surface area contributed by atoms with Gasteiger partial charge in [-0.25, -0.2) is 0 Å². The van der Waals surface area contributed by atoms with Crippen LogP contribution in [0.4, 0.5) is 5.69 Å². The standard InChI is InChI=1S/C18H17ClN2O3/c1-11-18(23)21-15-8-13(5-6-16(15)24-11)10-20-17(22)9-12-3-2-4-14(19)7-12/h2-8,11H,9-10H2,1H3,(H,20,22)(H,21,23). The smallest absolute Gasteiger partial charge is 0.265 e. The van der Waals surface area contributed by atoms with Crippen LogP contribution in [0.1, 0.15) is 18.1 Å². The van der Waals surface area contributed by atoms with Gasteiger partial charge in [0.05, 0.1) is 12.1 Å². The molecular weight excluding hydrogens is 328 g/mol. The molecule has 0 fully saturated rings. The van der Waals surface area contributed by atoms with E-state index in [1.54, 1.807) is 31.2 Å². The molecule has 5 nitrogen and oxygen atoms in total. The minimum atomic E-state index is -0.499. The van der Waals surface area contributed by atoms with Crippen molar-refractivity contribution in [1.29, 1.82) is 0 Å². The lowest BCUT2D eigenvalue weighted by Crippen LogP contribution is -2.34. The quantitative estimate of drug-likeness (QED) is 0.896. The van der Waals surface area contributed by atoms with E-state index in [1.807, 2.05) is 18.2 Å². The highest BCUT2D eigenvalue weighted by atomic mass is 35.5. The third kappa shape index (κ3) is 3.86. The summed E-state index contributed by atoms with van der Waals surface area (Å²) in [5, 5.41) is 6.26. The van der Waals surface area contributed by atoms with E-state index in [2.05, 4.69) is 10.6 Å². The molecular formula is C18H17ClN2O3. The Balaban J connectivity index is 1.60. The number of ether oxygens (including phenoxy) is 1. The summed E-state index contributed by atoms with van der Waals surface area (Å²) in [6, 6.07) is 12.7. The molecule has 2 N–H and O–H groups in total. The van der Waals surface area contributed by atoms with Crippen molar-refractivity contribution < 1.29 is 14.3 Å². The van der Waals surface area contributed by atoms with Crippen molar-refractivity contribution in [2.75, 3.05) is 5.32 Å². The first kappa shape index (κ1) is 16.3. The normalized spacial score (nSPS) is 15.9. The highest BCUT2D eigenvalue weighted by Crippen LogP contribution is 2.30. The van der Waals surface area contributed by atoms with Crippen LogP contribution >= 0.6 is 11.6 Å². The number of amides is 2. The third-order valence-electron chi connectivity index (χ3n) is 3.72. The van der Waals surface area contributed by atoms with E-state index in [0.29, 0.717) is 23.0 Å². The van der Waals surface area contributed by atoms with Gasteiger partial charge in [-0.3, -0.25) is 9.59 Å². The molecule has 0 aliphatic carbocycles. The van der Waals surface area contributed by atoms with Crippen molar-refractivity contribution >= 4 is 29.1 Å². The predicted octanol–water partition coefficient (Wildman–Crippen LogP) is 2.92. The number of hydrogen-bond donors (Lipinski definition) is 2. The lowest BCUT2D eigenvalue weighted by molar-refractivity contribution is -0.123.